The van der Waals surface area contributed by atoms with Crippen LogP contribution in [-0.2, 0) is 0 Å². The molecule has 1 aromatic carbocycles. The van der Waals surface area contributed by atoms with Crippen LogP contribution in [0.2, 0.25) is 0 Å². The average Bonchev–Trinajstić information content (AvgIpc) is 2.44. The number of hydrogen-bond donors (Lipinski definition) is 1. The predicted molar refractivity (Wildman–Crippen MR) is 80.2 cm³/mol. The van der Waals surface area contributed by atoms with Gasteiger partial charge in [0.05, 0.1) is 20.3 Å². The molecule has 3 nitrogen and oxygen atoms in total. The van der Waals surface area contributed by atoms with Gasteiger partial charge in [-0.1, -0.05) is 18.6 Å². The molecule has 1 aromatic rings. The van der Waals surface area contributed by atoms with E-state index in [0.29, 0.717) is 11.7 Å². The molecule has 20 heavy (non-hydrogen) atoms. The summed E-state index contributed by atoms with van der Waals surface area (Å²) in [5.41, 5.74) is 2.21. The van der Waals surface area contributed by atoms with Crippen molar-refractivity contribution in [3.63, 3.8) is 0 Å². The summed E-state index contributed by atoms with van der Waals surface area (Å²) in [7, 11) is 3.25. The summed E-state index contributed by atoms with van der Waals surface area (Å²) in [4.78, 5) is 0. The largest absolute Gasteiger partial charge is 0.497 e. The highest BCUT2D eigenvalue weighted by Gasteiger charge is 2.28. The molecular weight excluding hydrogens is 252 g/mol. The van der Waals surface area contributed by atoms with Gasteiger partial charge in [-0.3, -0.25) is 0 Å². The quantitative estimate of drug-likeness (QED) is 0.852. The smallest absolute Gasteiger partial charge is 0.128 e. The van der Waals surface area contributed by atoms with Crippen LogP contribution in [0.3, 0.4) is 0 Å². The summed E-state index contributed by atoms with van der Waals surface area (Å²) in [5.74, 6) is 2.20. The Bertz CT molecular complexity index is 493. The summed E-state index contributed by atoms with van der Waals surface area (Å²) in [6, 6.07) is 5.60. The van der Waals surface area contributed by atoms with Crippen molar-refractivity contribution in [2.45, 2.75) is 32.8 Å². The number of methoxy groups -OCH3 is 2. The van der Waals surface area contributed by atoms with Crippen molar-refractivity contribution in [1.29, 1.82) is 0 Å². The van der Waals surface area contributed by atoms with Gasteiger partial charge in [0.15, 0.2) is 0 Å². The third-order valence-electron chi connectivity index (χ3n) is 4.03. The number of benzene rings is 1. The first-order valence-corrected chi connectivity index (χ1v) is 7.12. The van der Waals surface area contributed by atoms with E-state index in [2.05, 4.69) is 19.9 Å². The minimum Gasteiger partial charge on any atom is -0.497 e. The Morgan fingerprint density at radius 3 is 2.60 bits per heavy atom. The van der Waals surface area contributed by atoms with Crippen LogP contribution < -0.4 is 9.47 Å². The summed E-state index contributed by atoms with van der Waals surface area (Å²) >= 11 is 0. The lowest BCUT2D eigenvalue weighted by Gasteiger charge is -2.30. The van der Waals surface area contributed by atoms with Gasteiger partial charge in [-0.2, -0.15) is 0 Å². The molecule has 3 unspecified atom stereocenters. The lowest BCUT2D eigenvalue weighted by Crippen LogP contribution is -2.19. The van der Waals surface area contributed by atoms with Crippen LogP contribution in [0.5, 0.6) is 11.5 Å². The maximum absolute atomic E-state index is 10.7. The van der Waals surface area contributed by atoms with Crippen LogP contribution in [0.1, 0.15) is 38.4 Å². The highest BCUT2D eigenvalue weighted by Crippen LogP contribution is 2.40. The van der Waals surface area contributed by atoms with E-state index in [1.165, 1.54) is 5.57 Å². The van der Waals surface area contributed by atoms with E-state index in [1.807, 2.05) is 18.2 Å². The summed E-state index contributed by atoms with van der Waals surface area (Å²) < 4.78 is 10.6. The minimum absolute atomic E-state index is 0.247. The van der Waals surface area contributed by atoms with Crippen LogP contribution in [0.15, 0.2) is 29.8 Å². The molecular formula is C17H24O3. The van der Waals surface area contributed by atoms with E-state index < -0.39 is 6.10 Å². The molecule has 1 aliphatic carbocycles. The van der Waals surface area contributed by atoms with Gasteiger partial charge in [0.1, 0.15) is 11.5 Å². The van der Waals surface area contributed by atoms with Crippen LogP contribution in [-0.4, -0.2) is 19.3 Å². The molecule has 2 rings (SSSR count). The molecule has 0 amide bonds. The molecule has 0 aromatic heterocycles. The molecule has 0 fully saturated rings. The Labute approximate surface area is 121 Å². The van der Waals surface area contributed by atoms with Crippen molar-refractivity contribution < 1.29 is 14.6 Å². The fourth-order valence-electron chi connectivity index (χ4n) is 3.15. The van der Waals surface area contributed by atoms with E-state index in [4.69, 9.17) is 9.47 Å². The second-order valence-electron chi connectivity index (χ2n) is 5.74. The van der Waals surface area contributed by atoms with Crippen molar-refractivity contribution in [2.75, 3.05) is 14.2 Å². The van der Waals surface area contributed by atoms with Crippen molar-refractivity contribution in [3.8, 4) is 11.5 Å². The van der Waals surface area contributed by atoms with Gasteiger partial charge >= 0.3 is 0 Å². The van der Waals surface area contributed by atoms with E-state index >= 15 is 0 Å². The molecule has 0 spiro atoms. The number of hydrogen-bond acceptors (Lipinski definition) is 3. The monoisotopic (exact) mass is 276 g/mol. The molecule has 110 valence electrons. The average molecular weight is 276 g/mol. The van der Waals surface area contributed by atoms with Gasteiger partial charge < -0.3 is 14.6 Å². The van der Waals surface area contributed by atoms with Gasteiger partial charge in [-0.15, -0.1) is 0 Å². The SMILES string of the molecule is COc1ccc(C(O)C2CC(C)=CC(C)C2)c(OC)c1. The van der Waals surface area contributed by atoms with E-state index in [9.17, 15) is 5.11 Å². The molecule has 0 radical (unpaired) electrons. The van der Waals surface area contributed by atoms with E-state index in [-0.39, 0.29) is 5.92 Å². The Kier molecular flexibility index (Phi) is 4.71. The Balaban J connectivity index is 2.24. The van der Waals surface area contributed by atoms with Gasteiger partial charge in [-0.25, -0.2) is 0 Å². The zero-order chi connectivity index (χ0) is 14.7. The number of rotatable bonds is 4. The normalized spacial score (nSPS) is 23.9. The fraction of sp³-hybridized carbons (Fsp3) is 0.529. The number of ether oxygens (including phenoxy) is 2. The topological polar surface area (TPSA) is 38.7 Å². The lowest BCUT2D eigenvalue weighted by molar-refractivity contribution is 0.0906. The first-order valence-electron chi connectivity index (χ1n) is 7.12. The second-order valence-corrected chi connectivity index (χ2v) is 5.74. The van der Waals surface area contributed by atoms with Crippen LogP contribution >= 0.6 is 0 Å². The third kappa shape index (κ3) is 3.15. The van der Waals surface area contributed by atoms with Crippen LogP contribution in [0.25, 0.3) is 0 Å². The highest BCUT2D eigenvalue weighted by atomic mass is 16.5. The molecule has 1 N–H and O–H groups in total. The van der Waals surface area contributed by atoms with Crippen molar-refractivity contribution in [2.24, 2.45) is 11.8 Å². The molecule has 3 heteroatoms. The lowest BCUT2D eigenvalue weighted by atomic mass is 9.78. The third-order valence-corrected chi connectivity index (χ3v) is 4.03. The van der Waals surface area contributed by atoms with Crippen molar-refractivity contribution in [3.05, 3.63) is 35.4 Å². The van der Waals surface area contributed by atoms with Crippen LogP contribution in [0, 0.1) is 11.8 Å². The maximum Gasteiger partial charge on any atom is 0.128 e. The maximum atomic E-state index is 10.7. The second kappa shape index (κ2) is 6.31. The Morgan fingerprint density at radius 1 is 1.25 bits per heavy atom. The fourth-order valence-corrected chi connectivity index (χ4v) is 3.15. The van der Waals surface area contributed by atoms with Crippen molar-refractivity contribution >= 4 is 0 Å². The molecule has 1 aliphatic rings. The number of aliphatic hydroxyl groups is 1. The molecule has 0 saturated carbocycles. The molecule has 0 heterocycles. The highest BCUT2D eigenvalue weighted by molar-refractivity contribution is 5.42. The molecule has 0 saturated heterocycles. The van der Waals surface area contributed by atoms with E-state index in [0.717, 1.165) is 24.2 Å². The predicted octanol–water partition coefficient (Wildman–Crippen LogP) is 3.73. The van der Waals surface area contributed by atoms with Crippen LogP contribution in [0.4, 0.5) is 0 Å². The number of aliphatic hydroxyl groups excluding tert-OH is 1. The molecule has 0 aliphatic heterocycles. The molecule has 3 atom stereocenters. The van der Waals surface area contributed by atoms with E-state index in [1.54, 1.807) is 14.2 Å². The van der Waals surface area contributed by atoms with Gasteiger partial charge in [0.25, 0.3) is 0 Å². The van der Waals surface area contributed by atoms with Crippen molar-refractivity contribution in [1.82, 2.24) is 0 Å². The number of allylic oxidation sites excluding steroid dienone is 2. The standard InChI is InChI=1S/C17H24O3/c1-11-7-12(2)9-13(8-11)17(18)15-6-5-14(19-3)10-16(15)20-4/h5-7,10-11,13,17-18H,8-9H2,1-4H3. The Morgan fingerprint density at radius 2 is 2.00 bits per heavy atom. The summed E-state index contributed by atoms with van der Waals surface area (Å²) in [6.45, 7) is 4.34. The first-order chi connectivity index (χ1) is 9.55. The summed E-state index contributed by atoms with van der Waals surface area (Å²) in [6.07, 6.45) is 3.75. The molecule has 0 bridgehead atoms. The minimum atomic E-state index is -0.498. The zero-order valence-corrected chi connectivity index (χ0v) is 12.7. The first kappa shape index (κ1) is 14.9. The van der Waals surface area contributed by atoms with Gasteiger partial charge in [0.2, 0.25) is 0 Å². The van der Waals surface area contributed by atoms with Gasteiger partial charge in [0, 0.05) is 11.6 Å². The Hall–Kier alpha value is -1.48. The zero-order valence-electron chi connectivity index (χ0n) is 12.7. The summed E-state index contributed by atoms with van der Waals surface area (Å²) in [5, 5.41) is 10.7. The van der Waals surface area contributed by atoms with Gasteiger partial charge in [-0.05, 0) is 43.7 Å².